The average molecular weight is 801 g/mol. The van der Waals surface area contributed by atoms with Gasteiger partial charge in [-0.25, -0.2) is 15.0 Å². The predicted molar refractivity (Wildman–Crippen MR) is 254 cm³/mol. The van der Waals surface area contributed by atoms with Crippen molar-refractivity contribution in [2.24, 2.45) is 0 Å². The summed E-state index contributed by atoms with van der Waals surface area (Å²) in [6.45, 7) is 0. The fraction of sp³-hybridized carbons (Fsp3) is 0. The molecule has 0 fully saturated rings. The highest BCUT2D eigenvalue weighted by Gasteiger charge is 2.19. The average Bonchev–Trinajstić information content (AvgIpc) is 3.90. The fourth-order valence-electron chi connectivity index (χ4n) is 8.54. The van der Waals surface area contributed by atoms with Crippen molar-refractivity contribution in [3.63, 3.8) is 0 Å². The summed E-state index contributed by atoms with van der Waals surface area (Å²) >= 11 is 3.70. The quantitative estimate of drug-likeness (QED) is 0.168. The SMILES string of the molecule is c1ccc(-c2nc(-c3ccc(-c4cccc5cnccc45)cc3)nc(-c3cc(-c4cccc5c4sc4ccccc45)cc(-c4cccc5c4sc4ccccc45)c3)n2)cc1. The van der Waals surface area contributed by atoms with Crippen LogP contribution < -0.4 is 0 Å². The Morgan fingerprint density at radius 3 is 1.43 bits per heavy atom. The highest BCUT2D eigenvalue weighted by atomic mass is 32.1. The summed E-state index contributed by atoms with van der Waals surface area (Å²) in [5.41, 5.74) is 9.70. The Morgan fingerprint density at radius 1 is 0.317 bits per heavy atom. The lowest BCUT2D eigenvalue weighted by atomic mass is 9.94. The van der Waals surface area contributed by atoms with Crippen molar-refractivity contribution < 1.29 is 0 Å². The van der Waals surface area contributed by atoms with E-state index in [1.54, 1.807) is 0 Å². The lowest BCUT2D eigenvalue weighted by Gasteiger charge is -2.14. The van der Waals surface area contributed by atoms with Gasteiger partial charge in [-0.15, -0.1) is 22.7 Å². The van der Waals surface area contributed by atoms with Gasteiger partial charge in [-0.3, -0.25) is 4.98 Å². The number of thiophene rings is 2. The summed E-state index contributed by atoms with van der Waals surface area (Å²) in [5, 5.41) is 7.38. The van der Waals surface area contributed by atoms with Crippen LogP contribution in [0.5, 0.6) is 0 Å². The molecule has 4 aromatic heterocycles. The van der Waals surface area contributed by atoms with Gasteiger partial charge in [0.15, 0.2) is 17.5 Å². The maximum absolute atomic E-state index is 5.29. The molecule has 0 saturated heterocycles. The fourth-order valence-corrected chi connectivity index (χ4v) is 11.0. The molecule has 60 heavy (non-hydrogen) atoms. The van der Waals surface area contributed by atoms with Crippen molar-refractivity contribution in [2.75, 3.05) is 0 Å². The van der Waals surface area contributed by atoms with Crippen molar-refractivity contribution in [3.8, 4) is 67.5 Å². The molecule has 4 heterocycles. The second-order valence-electron chi connectivity index (χ2n) is 15.0. The van der Waals surface area contributed by atoms with E-state index < -0.39 is 0 Å². The summed E-state index contributed by atoms with van der Waals surface area (Å²) in [6.07, 6.45) is 3.76. The van der Waals surface area contributed by atoms with Crippen LogP contribution >= 0.6 is 22.7 Å². The Bertz CT molecular complexity index is 3470. The first-order valence-electron chi connectivity index (χ1n) is 19.9. The Hall–Kier alpha value is -7.38. The number of fused-ring (bicyclic) bond motifs is 7. The lowest BCUT2D eigenvalue weighted by Crippen LogP contribution is -2.00. The zero-order valence-electron chi connectivity index (χ0n) is 32.1. The van der Waals surface area contributed by atoms with Crippen LogP contribution in [0.2, 0.25) is 0 Å². The number of aromatic nitrogens is 4. The highest BCUT2D eigenvalue weighted by Crippen LogP contribution is 2.45. The monoisotopic (exact) mass is 800 g/mol. The van der Waals surface area contributed by atoms with E-state index in [1.807, 2.05) is 53.3 Å². The van der Waals surface area contributed by atoms with Gasteiger partial charge in [0.2, 0.25) is 0 Å². The Balaban J connectivity index is 1.07. The molecule has 0 bridgehead atoms. The first-order valence-corrected chi connectivity index (χ1v) is 21.6. The third-order valence-electron chi connectivity index (χ3n) is 11.4. The number of nitrogens with zero attached hydrogens (tertiary/aromatic N) is 4. The van der Waals surface area contributed by atoms with E-state index in [-0.39, 0.29) is 0 Å². The number of rotatable bonds is 6. The van der Waals surface area contributed by atoms with E-state index in [0.29, 0.717) is 17.5 Å². The second kappa shape index (κ2) is 14.2. The Kier molecular flexibility index (Phi) is 8.18. The molecule has 4 nitrogen and oxygen atoms in total. The van der Waals surface area contributed by atoms with Gasteiger partial charge in [-0.2, -0.15) is 0 Å². The molecule has 0 aliphatic heterocycles. The van der Waals surface area contributed by atoms with Gasteiger partial charge in [0, 0.05) is 74.8 Å². The molecule has 0 unspecified atom stereocenters. The Labute approximate surface area is 353 Å². The zero-order valence-corrected chi connectivity index (χ0v) is 33.7. The molecule has 0 atom stereocenters. The highest BCUT2D eigenvalue weighted by molar-refractivity contribution is 7.26. The van der Waals surface area contributed by atoms with E-state index in [9.17, 15) is 0 Å². The van der Waals surface area contributed by atoms with Gasteiger partial charge in [0.25, 0.3) is 0 Å². The van der Waals surface area contributed by atoms with E-state index in [2.05, 4.69) is 169 Å². The van der Waals surface area contributed by atoms with Crippen molar-refractivity contribution in [1.82, 2.24) is 19.9 Å². The molecule has 0 aliphatic carbocycles. The molecule has 0 saturated carbocycles. The smallest absolute Gasteiger partial charge is 0.164 e. The number of hydrogen-bond acceptors (Lipinski definition) is 6. The maximum atomic E-state index is 5.29. The Morgan fingerprint density at radius 2 is 0.800 bits per heavy atom. The van der Waals surface area contributed by atoms with Gasteiger partial charge in [0.05, 0.1) is 0 Å². The van der Waals surface area contributed by atoms with E-state index in [4.69, 9.17) is 15.0 Å². The normalized spacial score (nSPS) is 11.7. The molecule has 0 spiro atoms. The van der Waals surface area contributed by atoms with Crippen LogP contribution in [0.25, 0.3) is 119 Å². The first-order chi connectivity index (χ1) is 29.7. The molecule has 6 heteroatoms. The van der Waals surface area contributed by atoms with Crippen LogP contribution in [-0.2, 0) is 0 Å². The topological polar surface area (TPSA) is 51.6 Å². The minimum atomic E-state index is 0.623. The third-order valence-corrected chi connectivity index (χ3v) is 13.9. The van der Waals surface area contributed by atoms with E-state index in [1.165, 1.54) is 56.9 Å². The molecule has 0 radical (unpaired) electrons. The van der Waals surface area contributed by atoms with Gasteiger partial charge in [0.1, 0.15) is 0 Å². The van der Waals surface area contributed by atoms with E-state index >= 15 is 0 Å². The van der Waals surface area contributed by atoms with Gasteiger partial charge < -0.3 is 0 Å². The number of hydrogen-bond donors (Lipinski definition) is 0. The molecule has 0 N–H and O–H groups in total. The summed E-state index contributed by atoms with van der Waals surface area (Å²) in [4.78, 5) is 20.0. The summed E-state index contributed by atoms with van der Waals surface area (Å²) < 4.78 is 5.10. The molecule has 280 valence electrons. The van der Waals surface area contributed by atoms with Gasteiger partial charge in [-0.1, -0.05) is 146 Å². The van der Waals surface area contributed by atoms with Crippen LogP contribution in [0, 0.1) is 0 Å². The number of benzene rings is 8. The molecule has 8 aromatic carbocycles. The van der Waals surface area contributed by atoms with Gasteiger partial charge in [-0.05, 0) is 75.2 Å². The first kappa shape index (κ1) is 34.6. The van der Waals surface area contributed by atoms with Gasteiger partial charge >= 0.3 is 0 Å². The minimum Gasteiger partial charge on any atom is -0.264 e. The maximum Gasteiger partial charge on any atom is 0.164 e. The minimum absolute atomic E-state index is 0.623. The molecule has 12 rings (SSSR count). The van der Waals surface area contributed by atoms with Crippen LogP contribution in [0.1, 0.15) is 0 Å². The van der Waals surface area contributed by atoms with Crippen LogP contribution in [0.15, 0.2) is 194 Å². The molecule has 0 amide bonds. The van der Waals surface area contributed by atoms with Crippen molar-refractivity contribution in [3.05, 3.63) is 194 Å². The van der Waals surface area contributed by atoms with Crippen LogP contribution in [0.4, 0.5) is 0 Å². The summed E-state index contributed by atoms with van der Waals surface area (Å²) in [5.74, 6) is 1.88. The van der Waals surface area contributed by atoms with Crippen LogP contribution in [0.3, 0.4) is 0 Å². The van der Waals surface area contributed by atoms with Crippen LogP contribution in [-0.4, -0.2) is 19.9 Å². The standard InChI is InChI=1S/C54H32N4S2/c1-2-11-34(12-3-1)52-56-53(35-25-23-33(24-26-35)40-16-8-13-36-32-55-28-27-41(36)40)58-54(57-52)39-30-37(42-17-9-19-46-44-14-4-6-21-48(44)59-50(42)46)29-38(31-39)43-18-10-20-47-45-15-5-7-22-49(45)60-51(43)47/h1-32H. The largest absolute Gasteiger partial charge is 0.264 e. The lowest BCUT2D eigenvalue weighted by molar-refractivity contribution is 1.07. The summed E-state index contributed by atoms with van der Waals surface area (Å²) in [7, 11) is 0. The molecule has 12 aromatic rings. The predicted octanol–water partition coefficient (Wildman–Crippen LogP) is 15.2. The molecule has 0 aliphatic rings. The summed E-state index contributed by atoms with van der Waals surface area (Å²) in [6, 6.07) is 64.8. The molecular weight excluding hydrogens is 769 g/mol. The second-order valence-corrected chi connectivity index (χ2v) is 17.1. The van der Waals surface area contributed by atoms with E-state index in [0.717, 1.165) is 44.3 Å². The van der Waals surface area contributed by atoms with Crippen molar-refractivity contribution in [2.45, 2.75) is 0 Å². The van der Waals surface area contributed by atoms with Crippen molar-refractivity contribution >= 4 is 73.8 Å². The third kappa shape index (κ3) is 5.88. The zero-order chi connectivity index (χ0) is 39.6. The molecular formula is C54H32N4S2. The van der Waals surface area contributed by atoms with Crippen molar-refractivity contribution in [1.29, 1.82) is 0 Å². The number of pyridine rings is 1.